The summed E-state index contributed by atoms with van der Waals surface area (Å²) in [4.78, 5) is 28.1. The lowest BCUT2D eigenvalue weighted by atomic mass is 9.77. The van der Waals surface area contributed by atoms with Crippen molar-refractivity contribution in [1.82, 2.24) is 25.9 Å². The van der Waals surface area contributed by atoms with Gasteiger partial charge in [-0.15, -0.1) is 5.10 Å². The van der Waals surface area contributed by atoms with E-state index >= 15 is 0 Å². The normalized spacial score (nSPS) is 20.5. The van der Waals surface area contributed by atoms with E-state index in [0.29, 0.717) is 11.4 Å². The number of hydrogen-bond acceptors (Lipinski definition) is 9. The number of amides is 2. The van der Waals surface area contributed by atoms with Crippen molar-refractivity contribution in [3.8, 4) is 5.75 Å². The molecule has 2 atom stereocenters. The second-order valence-corrected chi connectivity index (χ2v) is 11.2. The van der Waals surface area contributed by atoms with Crippen LogP contribution in [-0.2, 0) is 9.59 Å². The third-order valence-electron chi connectivity index (χ3n) is 8.27. The molecule has 232 valence electrons. The molecule has 2 amide bonds. The molecule has 1 aliphatic heterocycles. The number of aromatic nitrogens is 4. The number of aromatic amines is 1. The van der Waals surface area contributed by atoms with Crippen LogP contribution in [-0.4, -0.2) is 62.5 Å². The van der Waals surface area contributed by atoms with Crippen LogP contribution in [0.1, 0.15) is 67.0 Å². The molecule has 1 saturated carbocycles. The Hall–Kier alpha value is -4.59. The number of nitrogens with zero attached hydrogens (tertiary/aromatic N) is 5. The molecule has 1 aliphatic carbocycles. The van der Waals surface area contributed by atoms with E-state index in [1.807, 2.05) is 19.9 Å². The topological polar surface area (TPSA) is 148 Å². The lowest BCUT2D eigenvalue weighted by molar-refractivity contribution is -0.126. The average molecular weight is 611 g/mol. The number of phenolic OH excluding ortho intramolecular Hbond substituents is 1. The van der Waals surface area contributed by atoms with E-state index in [-0.39, 0.29) is 45.8 Å². The fraction of sp³-hybridized carbons (Fsp3) is 0.400. The summed E-state index contributed by atoms with van der Waals surface area (Å²) in [7, 11) is 0. The van der Waals surface area contributed by atoms with Gasteiger partial charge >= 0.3 is 6.18 Å². The maximum Gasteiger partial charge on any atom is 0.401 e. The summed E-state index contributed by atoms with van der Waals surface area (Å²) in [5.74, 6) is -0.660. The molecule has 2 heterocycles. The van der Waals surface area contributed by atoms with Gasteiger partial charge in [-0.25, -0.2) is 10.00 Å². The summed E-state index contributed by atoms with van der Waals surface area (Å²) < 4.78 is 38.6. The number of hydrogen-bond donors (Lipinski definition) is 4. The van der Waals surface area contributed by atoms with Crippen LogP contribution in [0.2, 0.25) is 0 Å². The van der Waals surface area contributed by atoms with Gasteiger partial charge in [0.1, 0.15) is 5.75 Å². The summed E-state index contributed by atoms with van der Waals surface area (Å²) in [6.07, 6.45) is -1.07. The van der Waals surface area contributed by atoms with Crippen molar-refractivity contribution < 1.29 is 27.9 Å². The summed E-state index contributed by atoms with van der Waals surface area (Å²) in [5, 5.41) is 32.0. The molecule has 0 spiro atoms. The number of carbonyl (C=O) groups is 2. The number of alkyl halides is 3. The Morgan fingerprint density at radius 1 is 1.07 bits per heavy atom. The van der Waals surface area contributed by atoms with Crippen LogP contribution >= 0.6 is 0 Å². The number of rotatable bonds is 8. The van der Waals surface area contributed by atoms with Gasteiger partial charge in [-0.3, -0.25) is 15.0 Å². The largest absolute Gasteiger partial charge is 0.505 e. The van der Waals surface area contributed by atoms with Crippen molar-refractivity contribution in [2.75, 3.05) is 23.4 Å². The highest BCUT2D eigenvalue weighted by atomic mass is 19.4. The molecule has 44 heavy (non-hydrogen) atoms. The van der Waals surface area contributed by atoms with Gasteiger partial charge in [0.15, 0.2) is 11.5 Å². The molecule has 1 fully saturated rings. The molecule has 1 aromatic heterocycles. The van der Waals surface area contributed by atoms with Crippen LogP contribution in [0.15, 0.2) is 52.6 Å². The molecule has 2 aromatic carbocycles. The molecule has 0 bridgehead atoms. The third-order valence-corrected chi connectivity index (χ3v) is 8.27. The number of tetrazole rings is 1. The maximum atomic E-state index is 13.7. The number of halogens is 3. The highest BCUT2D eigenvalue weighted by molar-refractivity contribution is 6.57. The molecule has 0 radical (unpaired) electrons. The van der Waals surface area contributed by atoms with Crippen molar-refractivity contribution in [2.45, 2.75) is 64.5 Å². The van der Waals surface area contributed by atoms with E-state index in [1.165, 1.54) is 6.92 Å². The first-order valence-corrected chi connectivity index (χ1v) is 14.3. The number of phenols is 1. The number of benzene rings is 2. The Kier molecular flexibility index (Phi) is 8.81. The van der Waals surface area contributed by atoms with Crippen molar-refractivity contribution in [2.24, 2.45) is 5.10 Å². The van der Waals surface area contributed by atoms with Crippen molar-refractivity contribution in [3.63, 3.8) is 0 Å². The number of hydrazone groups is 1. The second-order valence-electron chi connectivity index (χ2n) is 11.2. The van der Waals surface area contributed by atoms with Gasteiger partial charge in [-0.1, -0.05) is 24.6 Å². The van der Waals surface area contributed by atoms with E-state index in [0.717, 1.165) is 41.7 Å². The first-order valence-electron chi connectivity index (χ1n) is 14.3. The molecule has 5 rings (SSSR count). The van der Waals surface area contributed by atoms with Gasteiger partial charge in [0.25, 0.3) is 11.8 Å². The van der Waals surface area contributed by atoms with E-state index in [4.69, 9.17) is 0 Å². The second kappa shape index (κ2) is 12.6. The quantitative estimate of drug-likeness (QED) is 0.162. The van der Waals surface area contributed by atoms with Gasteiger partial charge in [-0.05, 0) is 96.8 Å². The summed E-state index contributed by atoms with van der Waals surface area (Å²) in [6.45, 7) is 3.44. The Labute approximate surface area is 251 Å². The van der Waals surface area contributed by atoms with Gasteiger partial charge in [-0.2, -0.15) is 18.3 Å². The zero-order valence-corrected chi connectivity index (χ0v) is 24.5. The molecular weight excluding hydrogens is 577 g/mol. The van der Waals surface area contributed by atoms with E-state index in [2.05, 4.69) is 36.5 Å². The highest BCUT2D eigenvalue weighted by Gasteiger charge is 2.38. The van der Waals surface area contributed by atoms with Crippen LogP contribution < -0.4 is 15.6 Å². The first kappa shape index (κ1) is 30.9. The van der Waals surface area contributed by atoms with Crippen LogP contribution in [0, 0.1) is 13.8 Å². The Morgan fingerprint density at radius 2 is 1.84 bits per heavy atom. The lowest BCUT2D eigenvalue weighted by Gasteiger charge is -2.30. The number of para-hydroxylation sites is 1. The summed E-state index contributed by atoms with van der Waals surface area (Å²) in [6, 6.07) is 10.2. The van der Waals surface area contributed by atoms with Crippen molar-refractivity contribution >= 4 is 28.9 Å². The minimum absolute atomic E-state index is 0.0235. The van der Waals surface area contributed by atoms with E-state index < -0.39 is 31.1 Å². The Morgan fingerprint density at radius 3 is 2.55 bits per heavy atom. The average Bonchev–Trinajstić information content (AvgIpc) is 3.52. The summed E-state index contributed by atoms with van der Waals surface area (Å²) in [5.41, 5.74) is 5.71. The van der Waals surface area contributed by atoms with Crippen LogP contribution in [0.25, 0.3) is 0 Å². The minimum Gasteiger partial charge on any atom is -0.505 e. The number of anilines is 2. The molecule has 11 nitrogen and oxygen atoms in total. The third kappa shape index (κ3) is 6.49. The Balaban J connectivity index is 1.45. The molecule has 2 aliphatic rings. The predicted octanol–water partition coefficient (Wildman–Crippen LogP) is 4.77. The number of aryl methyl sites for hydroxylation is 2. The number of H-pyrrole nitrogens is 1. The van der Waals surface area contributed by atoms with Crippen LogP contribution in [0.5, 0.6) is 5.75 Å². The SMILES string of the molecule is CC1=C(CNCC(F)(F)F)C(=O)N(c2ccc(C)c(C)c2)C(=O)C1=NNc1cccc(C2CCCC(c3nnn[nH]3)C2)c1O. The van der Waals surface area contributed by atoms with Crippen molar-refractivity contribution in [3.05, 3.63) is 70.1 Å². The molecule has 2 unspecified atom stereocenters. The number of imide groups is 1. The minimum atomic E-state index is -4.49. The van der Waals surface area contributed by atoms with Gasteiger partial charge < -0.3 is 10.4 Å². The molecular formula is C30H33F3N8O3. The molecule has 14 heteroatoms. The zero-order chi connectivity index (χ0) is 31.6. The summed E-state index contributed by atoms with van der Waals surface area (Å²) >= 11 is 0. The molecule has 4 N–H and O–H groups in total. The zero-order valence-electron chi connectivity index (χ0n) is 24.5. The number of nitrogens with one attached hydrogen (secondary N) is 3. The molecule has 0 saturated heterocycles. The standard InChI is InChI=1S/C30H33F3N8O3/c1-16-10-11-21(12-17(16)2)41-28(43)23(14-34-15-30(31,32)33)18(3)25(29(41)44)36-35-24-9-5-8-22(26(24)42)19-6-4-7-20(13-19)27-37-39-40-38-27/h5,8-12,19-20,34-35,42H,4,6-7,13-15H2,1-3H3,(H,37,38,39,40). The van der Waals surface area contributed by atoms with Gasteiger partial charge in [0, 0.05) is 18.0 Å². The fourth-order valence-corrected chi connectivity index (χ4v) is 5.72. The number of carbonyl (C=O) groups excluding carboxylic acids is 2. The fourth-order valence-electron chi connectivity index (χ4n) is 5.72. The van der Waals surface area contributed by atoms with E-state index in [9.17, 15) is 27.9 Å². The Bertz CT molecular complexity index is 1620. The molecule has 3 aromatic rings. The maximum absolute atomic E-state index is 13.7. The smallest absolute Gasteiger partial charge is 0.401 e. The first-order chi connectivity index (χ1) is 20.9. The monoisotopic (exact) mass is 610 g/mol. The van der Waals surface area contributed by atoms with Crippen molar-refractivity contribution in [1.29, 1.82) is 0 Å². The number of aromatic hydroxyl groups is 1. The van der Waals surface area contributed by atoms with E-state index in [1.54, 1.807) is 30.3 Å². The lowest BCUT2D eigenvalue weighted by Crippen LogP contribution is -2.49. The van der Waals surface area contributed by atoms with Gasteiger partial charge in [0.2, 0.25) is 0 Å². The van der Waals surface area contributed by atoms with Crippen LogP contribution in [0.3, 0.4) is 0 Å². The van der Waals surface area contributed by atoms with Crippen LogP contribution in [0.4, 0.5) is 24.5 Å². The van der Waals surface area contributed by atoms with Gasteiger partial charge in [0.05, 0.1) is 17.9 Å². The predicted molar refractivity (Wildman–Crippen MR) is 157 cm³/mol. The highest BCUT2D eigenvalue weighted by Crippen LogP contribution is 2.44.